The van der Waals surface area contributed by atoms with Gasteiger partial charge in [-0.1, -0.05) is 0 Å². The maximum Gasteiger partial charge on any atom is 0.336 e. The Morgan fingerprint density at radius 2 is 1.85 bits per heavy atom. The van der Waals surface area contributed by atoms with Crippen molar-refractivity contribution >= 4 is 23.5 Å². The van der Waals surface area contributed by atoms with E-state index < -0.39 is 23.0 Å². The fourth-order valence-electron chi connectivity index (χ4n) is 3.77. The molecule has 0 unspecified atom stereocenters. The predicted molar refractivity (Wildman–Crippen MR) is 125 cm³/mol. The highest BCUT2D eigenvalue weighted by molar-refractivity contribution is 6.13. The van der Waals surface area contributed by atoms with Gasteiger partial charge in [-0.25, -0.2) is 9.78 Å². The Morgan fingerprint density at radius 3 is 2.39 bits per heavy atom. The molecule has 1 aromatic heterocycles. The van der Waals surface area contributed by atoms with E-state index in [0.717, 1.165) is 31.5 Å². The number of imidazole rings is 1. The normalized spacial score (nSPS) is 15.8. The second kappa shape index (κ2) is 9.35. The van der Waals surface area contributed by atoms with E-state index in [2.05, 4.69) is 10.3 Å². The standard InChI is InChI=1S/C24H33N5O4/c1-16-12-17(8-9-19(16)20(30)29-10-6-7-11-29)27-21(31)24(25,22(32)33-23(2,3)4)13-18-14-28(5)15-26-18/h8-9,12,14-15H,6-7,10-11,13,25H2,1-5H3,(H,27,31)/t24-/m1/s1. The van der Waals surface area contributed by atoms with E-state index in [1.165, 1.54) is 0 Å². The molecule has 1 atom stereocenters. The Labute approximate surface area is 194 Å². The van der Waals surface area contributed by atoms with Crippen molar-refractivity contribution in [1.82, 2.24) is 14.5 Å². The molecule has 9 heteroatoms. The Bertz CT molecular complexity index is 1050. The van der Waals surface area contributed by atoms with Gasteiger partial charge < -0.3 is 25.3 Å². The summed E-state index contributed by atoms with van der Waals surface area (Å²) in [7, 11) is 1.79. The van der Waals surface area contributed by atoms with Crippen molar-refractivity contribution < 1.29 is 19.1 Å². The van der Waals surface area contributed by atoms with Crippen LogP contribution in [0.25, 0.3) is 0 Å². The number of nitrogens with zero attached hydrogens (tertiary/aromatic N) is 3. The summed E-state index contributed by atoms with van der Waals surface area (Å²) >= 11 is 0. The molecule has 2 aromatic rings. The van der Waals surface area contributed by atoms with Crippen LogP contribution in [-0.4, -0.2) is 56.5 Å². The molecule has 1 saturated heterocycles. The smallest absolute Gasteiger partial charge is 0.336 e. The summed E-state index contributed by atoms with van der Waals surface area (Å²) in [6.07, 6.45) is 5.17. The van der Waals surface area contributed by atoms with Crippen LogP contribution in [-0.2, 0) is 27.8 Å². The summed E-state index contributed by atoms with van der Waals surface area (Å²) in [6.45, 7) is 8.47. The van der Waals surface area contributed by atoms with Gasteiger partial charge in [0.25, 0.3) is 11.8 Å². The van der Waals surface area contributed by atoms with Gasteiger partial charge in [-0.3, -0.25) is 9.59 Å². The number of amides is 2. The lowest BCUT2D eigenvalue weighted by Gasteiger charge is -2.30. The summed E-state index contributed by atoms with van der Waals surface area (Å²) in [4.78, 5) is 45.0. The maximum atomic E-state index is 13.3. The first-order valence-corrected chi connectivity index (χ1v) is 11.1. The number of nitrogens with two attached hydrogens (primary N) is 1. The largest absolute Gasteiger partial charge is 0.458 e. The average Bonchev–Trinajstić information content (AvgIpc) is 3.38. The van der Waals surface area contributed by atoms with E-state index in [9.17, 15) is 14.4 Å². The number of aromatic nitrogens is 2. The van der Waals surface area contributed by atoms with Gasteiger partial charge in [-0.05, 0) is 64.3 Å². The van der Waals surface area contributed by atoms with Crippen LogP contribution in [0.2, 0.25) is 0 Å². The fraction of sp³-hybridized carbons (Fsp3) is 0.500. The topological polar surface area (TPSA) is 120 Å². The molecule has 178 valence electrons. The molecule has 1 aliphatic rings. The van der Waals surface area contributed by atoms with E-state index in [1.54, 1.807) is 63.1 Å². The molecule has 0 bridgehead atoms. The van der Waals surface area contributed by atoms with Crippen molar-refractivity contribution in [2.24, 2.45) is 12.8 Å². The second-order valence-corrected chi connectivity index (χ2v) is 9.66. The van der Waals surface area contributed by atoms with Gasteiger partial charge in [0, 0.05) is 44.0 Å². The second-order valence-electron chi connectivity index (χ2n) is 9.66. The van der Waals surface area contributed by atoms with Gasteiger partial charge in [0.1, 0.15) is 5.60 Å². The number of rotatable bonds is 6. The molecule has 0 aliphatic carbocycles. The molecule has 3 N–H and O–H groups in total. The zero-order chi connectivity index (χ0) is 24.4. The summed E-state index contributed by atoms with van der Waals surface area (Å²) in [6, 6.07) is 5.04. The molecule has 0 radical (unpaired) electrons. The molecule has 1 fully saturated rings. The lowest BCUT2D eigenvalue weighted by Crippen LogP contribution is -2.60. The summed E-state index contributed by atoms with van der Waals surface area (Å²) in [5, 5.41) is 2.73. The number of nitrogens with one attached hydrogen (secondary N) is 1. The zero-order valence-electron chi connectivity index (χ0n) is 20.0. The average molecular weight is 456 g/mol. The molecule has 0 spiro atoms. The number of likely N-dealkylation sites (tertiary alicyclic amines) is 1. The van der Waals surface area contributed by atoms with E-state index >= 15 is 0 Å². The minimum Gasteiger partial charge on any atom is -0.458 e. The van der Waals surface area contributed by atoms with Crippen LogP contribution >= 0.6 is 0 Å². The Balaban J connectivity index is 1.83. The molecule has 33 heavy (non-hydrogen) atoms. The molecular weight excluding hydrogens is 422 g/mol. The van der Waals surface area contributed by atoms with Crippen molar-refractivity contribution in [1.29, 1.82) is 0 Å². The fourth-order valence-corrected chi connectivity index (χ4v) is 3.77. The number of esters is 1. The quantitative estimate of drug-likeness (QED) is 0.509. The first-order chi connectivity index (χ1) is 15.4. The number of carbonyl (C=O) groups is 3. The van der Waals surface area contributed by atoms with Crippen molar-refractivity contribution in [3.63, 3.8) is 0 Å². The number of hydrogen-bond donors (Lipinski definition) is 2. The Morgan fingerprint density at radius 1 is 1.18 bits per heavy atom. The van der Waals surface area contributed by atoms with Crippen LogP contribution in [0.3, 0.4) is 0 Å². The van der Waals surface area contributed by atoms with Gasteiger partial charge in [0.2, 0.25) is 0 Å². The molecule has 0 saturated carbocycles. The highest BCUT2D eigenvalue weighted by atomic mass is 16.6. The highest BCUT2D eigenvalue weighted by Gasteiger charge is 2.46. The molecular formula is C24H33N5O4. The van der Waals surface area contributed by atoms with Crippen molar-refractivity contribution in [2.45, 2.75) is 58.1 Å². The molecule has 9 nitrogen and oxygen atoms in total. The van der Waals surface area contributed by atoms with Crippen molar-refractivity contribution in [2.75, 3.05) is 18.4 Å². The van der Waals surface area contributed by atoms with E-state index in [-0.39, 0.29) is 12.3 Å². The molecule has 3 rings (SSSR count). The predicted octanol–water partition coefficient (Wildman–Crippen LogP) is 2.18. The number of benzene rings is 1. The van der Waals surface area contributed by atoms with Crippen molar-refractivity contribution in [3.8, 4) is 0 Å². The van der Waals surface area contributed by atoms with Gasteiger partial charge >= 0.3 is 5.97 Å². The number of aryl methyl sites for hydroxylation is 2. The number of anilines is 1. The SMILES string of the molecule is Cc1cc(NC(=O)[C@](N)(Cc2cn(C)cn2)C(=O)OC(C)(C)C)ccc1C(=O)N1CCCC1. The van der Waals surface area contributed by atoms with Gasteiger partial charge in [0.05, 0.1) is 12.0 Å². The zero-order valence-corrected chi connectivity index (χ0v) is 20.0. The first kappa shape index (κ1) is 24.4. The lowest BCUT2D eigenvalue weighted by atomic mass is 9.93. The molecule has 1 aliphatic heterocycles. The number of hydrogen-bond acceptors (Lipinski definition) is 6. The van der Waals surface area contributed by atoms with Crippen LogP contribution in [0, 0.1) is 6.92 Å². The lowest BCUT2D eigenvalue weighted by molar-refractivity contribution is -0.163. The molecule has 1 aromatic carbocycles. The first-order valence-electron chi connectivity index (χ1n) is 11.1. The third kappa shape index (κ3) is 5.78. The maximum absolute atomic E-state index is 13.3. The minimum absolute atomic E-state index is 0.0139. The van der Waals surface area contributed by atoms with E-state index in [4.69, 9.17) is 10.5 Å². The Hall–Kier alpha value is -3.20. The Kier molecular flexibility index (Phi) is 6.92. The summed E-state index contributed by atoms with van der Waals surface area (Å²) < 4.78 is 7.17. The van der Waals surface area contributed by atoms with Crippen LogP contribution in [0.5, 0.6) is 0 Å². The molecule has 2 amide bonds. The van der Waals surface area contributed by atoms with Crippen molar-refractivity contribution in [3.05, 3.63) is 47.5 Å². The van der Waals surface area contributed by atoms with Gasteiger partial charge in [0.15, 0.2) is 5.54 Å². The third-order valence-electron chi connectivity index (χ3n) is 5.49. The van der Waals surface area contributed by atoms with Crippen LogP contribution in [0.1, 0.15) is 55.2 Å². The summed E-state index contributed by atoms with van der Waals surface area (Å²) in [5.41, 5.74) is 5.83. The summed E-state index contributed by atoms with van der Waals surface area (Å²) in [5.74, 6) is -1.56. The monoisotopic (exact) mass is 455 g/mol. The van der Waals surface area contributed by atoms with Gasteiger partial charge in [-0.2, -0.15) is 0 Å². The molecule has 2 heterocycles. The third-order valence-corrected chi connectivity index (χ3v) is 5.49. The van der Waals surface area contributed by atoms with E-state index in [0.29, 0.717) is 16.9 Å². The minimum atomic E-state index is -1.99. The van der Waals surface area contributed by atoms with Gasteiger partial charge in [-0.15, -0.1) is 0 Å². The number of ether oxygens (including phenoxy) is 1. The van der Waals surface area contributed by atoms with E-state index in [1.807, 2.05) is 11.8 Å². The highest BCUT2D eigenvalue weighted by Crippen LogP contribution is 2.22. The van der Waals surface area contributed by atoms with Crippen LogP contribution < -0.4 is 11.1 Å². The van der Waals surface area contributed by atoms with Crippen LogP contribution in [0.15, 0.2) is 30.7 Å². The number of carbonyl (C=O) groups excluding carboxylic acids is 3. The van der Waals surface area contributed by atoms with Crippen LogP contribution in [0.4, 0.5) is 5.69 Å².